The zero-order valence-electron chi connectivity index (χ0n) is 49.6. The van der Waals surface area contributed by atoms with Crippen LogP contribution in [-0.4, -0.2) is 117 Å². The van der Waals surface area contributed by atoms with E-state index < -0.39 is 45.9 Å². The fourth-order valence-electron chi connectivity index (χ4n) is 9.26. The number of aryl methyl sites for hydroxylation is 4. The number of amides is 4. The van der Waals surface area contributed by atoms with Crippen LogP contribution in [0.15, 0.2) is 190 Å². The van der Waals surface area contributed by atoms with E-state index in [4.69, 9.17) is 18.9 Å². The van der Waals surface area contributed by atoms with Crippen LogP contribution in [0.3, 0.4) is 0 Å². The third kappa shape index (κ3) is 17.6. The summed E-state index contributed by atoms with van der Waals surface area (Å²) in [4.78, 5) is 113. The van der Waals surface area contributed by atoms with Crippen LogP contribution in [0, 0.1) is 0 Å². The SMILES string of the molecule is Cn1ccc(C(=O)NCCN(CCNC(=O)c2ccn(C)c(=O)c2OCc2ccccc2)CCN(CCNC(=O)c2ccn(C)c(=O)c2OCc2ccccc2)CCNC(=O)c2ccn(C)c(=O)c2OCc2ccccc2)c(OCc2ccccc2)c1=O. The standard InChI is InChI=1S/C66H72N10O12/c1-71-33-25-51(55(63(71)81)85-43-47-17-9-5-10-18-47)59(77)67-29-37-75(38-30-68-60(78)52-26-34-72(2)64(82)56(52)86-44-48-19-11-6-12-20-48)41-42-76(39-31-69-61(79)53-27-35-73(3)65(83)57(53)87-45-49-21-13-7-14-22-49)40-32-70-62(80)54-28-36-74(4)66(84)58(54)88-46-50-23-15-8-16-24-50/h5-28,33-36H,29-32,37-46H2,1-4H3,(H,67,77)(H,68,78)(H,69,79)(H,70,80). The minimum absolute atomic E-state index is 0.0453. The van der Waals surface area contributed by atoms with Crippen molar-refractivity contribution in [1.82, 2.24) is 49.3 Å². The Morgan fingerprint density at radius 3 is 0.727 bits per heavy atom. The van der Waals surface area contributed by atoms with Gasteiger partial charge in [0.15, 0.2) is 23.0 Å². The van der Waals surface area contributed by atoms with Crippen molar-refractivity contribution in [2.75, 3.05) is 65.4 Å². The Morgan fingerprint density at radius 1 is 0.318 bits per heavy atom. The van der Waals surface area contributed by atoms with Crippen LogP contribution in [0.25, 0.3) is 0 Å². The van der Waals surface area contributed by atoms with Gasteiger partial charge in [-0.1, -0.05) is 121 Å². The number of benzene rings is 4. The third-order valence-electron chi connectivity index (χ3n) is 14.4. The van der Waals surface area contributed by atoms with Crippen molar-refractivity contribution in [3.63, 3.8) is 0 Å². The first-order chi connectivity index (χ1) is 42.6. The maximum atomic E-state index is 14.0. The van der Waals surface area contributed by atoms with Crippen LogP contribution in [0.1, 0.15) is 63.7 Å². The first kappa shape index (κ1) is 63.7. The number of hydrogen-bond donors (Lipinski definition) is 4. The van der Waals surface area contributed by atoms with Gasteiger partial charge in [0.05, 0.1) is 22.3 Å². The van der Waals surface area contributed by atoms with Crippen LogP contribution in [-0.2, 0) is 54.6 Å². The van der Waals surface area contributed by atoms with Crippen molar-refractivity contribution < 1.29 is 38.1 Å². The molecule has 0 spiro atoms. The maximum absolute atomic E-state index is 14.0. The topological polar surface area (TPSA) is 248 Å². The molecule has 4 heterocycles. The average molecular weight is 1200 g/mol. The van der Waals surface area contributed by atoms with Gasteiger partial charge in [0.2, 0.25) is 0 Å². The number of ether oxygens (including phenoxy) is 4. The number of aromatic nitrogens is 4. The Kier molecular flexibility index (Phi) is 23.0. The molecule has 0 aliphatic carbocycles. The summed E-state index contributed by atoms with van der Waals surface area (Å²) in [6.45, 7) is 2.05. The molecule has 88 heavy (non-hydrogen) atoms. The lowest BCUT2D eigenvalue weighted by Crippen LogP contribution is -2.46. The van der Waals surface area contributed by atoms with Gasteiger partial charge in [-0.2, -0.15) is 0 Å². The Balaban J connectivity index is 1.00. The molecule has 8 rings (SSSR count). The second kappa shape index (κ2) is 31.7. The lowest BCUT2D eigenvalue weighted by Gasteiger charge is -2.28. The number of carbonyl (C=O) groups is 4. The smallest absolute Gasteiger partial charge is 0.293 e. The zero-order chi connectivity index (χ0) is 62.4. The highest BCUT2D eigenvalue weighted by atomic mass is 16.5. The van der Waals surface area contributed by atoms with E-state index in [2.05, 4.69) is 21.3 Å². The van der Waals surface area contributed by atoms with Crippen LogP contribution in [0.5, 0.6) is 23.0 Å². The highest BCUT2D eigenvalue weighted by Crippen LogP contribution is 2.19. The quantitative estimate of drug-likeness (QED) is 0.0470. The van der Waals surface area contributed by atoms with Gasteiger partial charge in [-0.15, -0.1) is 0 Å². The average Bonchev–Trinajstić information content (AvgIpc) is 2.69. The molecule has 4 N–H and O–H groups in total. The molecule has 0 radical (unpaired) electrons. The molecular weight excluding hydrogens is 1120 g/mol. The number of hydrogen-bond acceptors (Lipinski definition) is 14. The van der Waals surface area contributed by atoms with Crippen molar-refractivity contribution in [2.45, 2.75) is 26.4 Å². The molecule has 8 aromatic rings. The van der Waals surface area contributed by atoms with E-state index in [1.54, 1.807) is 28.2 Å². The summed E-state index contributed by atoms with van der Waals surface area (Å²) < 4.78 is 29.2. The first-order valence-electron chi connectivity index (χ1n) is 28.7. The molecule has 0 aliphatic rings. The molecule has 0 saturated carbocycles. The monoisotopic (exact) mass is 1200 g/mol. The van der Waals surface area contributed by atoms with E-state index in [0.29, 0.717) is 13.1 Å². The van der Waals surface area contributed by atoms with Gasteiger partial charge in [-0.25, -0.2) is 0 Å². The fourth-order valence-corrected chi connectivity index (χ4v) is 9.26. The summed E-state index contributed by atoms with van der Waals surface area (Å²) in [7, 11) is 6.26. The molecule has 22 nitrogen and oxygen atoms in total. The van der Waals surface area contributed by atoms with Crippen LogP contribution in [0.2, 0.25) is 0 Å². The van der Waals surface area contributed by atoms with Gasteiger partial charge in [0.25, 0.3) is 45.9 Å². The Morgan fingerprint density at radius 2 is 0.523 bits per heavy atom. The highest BCUT2D eigenvalue weighted by molar-refractivity contribution is 5.98. The summed E-state index contributed by atoms with van der Waals surface area (Å²) >= 11 is 0. The summed E-state index contributed by atoms with van der Waals surface area (Å²) in [5.41, 5.74) is 1.41. The zero-order valence-corrected chi connectivity index (χ0v) is 49.6. The van der Waals surface area contributed by atoms with Crippen LogP contribution < -0.4 is 62.5 Å². The molecule has 0 fully saturated rings. The van der Waals surface area contributed by atoms with Crippen molar-refractivity contribution in [3.8, 4) is 23.0 Å². The van der Waals surface area contributed by atoms with Gasteiger partial charge in [-0.05, 0) is 46.5 Å². The number of pyridine rings is 4. The molecule has 458 valence electrons. The molecule has 0 atom stereocenters. The lowest BCUT2D eigenvalue weighted by atomic mass is 10.2. The largest absolute Gasteiger partial charge is 0.482 e. The number of carbonyl (C=O) groups excluding carboxylic acids is 4. The molecular formula is C66H72N10O12. The minimum Gasteiger partial charge on any atom is -0.482 e. The second-order valence-electron chi connectivity index (χ2n) is 20.7. The summed E-state index contributed by atoms with van der Waals surface area (Å²) in [6.07, 6.45) is 5.95. The fraction of sp³-hybridized carbons (Fsp3) is 0.273. The number of nitrogens with one attached hydrogen (secondary N) is 4. The van der Waals surface area contributed by atoms with Crippen molar-refractivity contribution in [2.24, 2.45) is 28.2 Å². The van der Waals surface area contributed by atoms with Gasteiger partial charge in [-0.3, -0.25) is 48.2 Å². The Bertz CT molecular complexity index is 3410. The van der Waals surface area contributed by atoms with Crippen LogP contribution in [0.4, 0.5) is 0 Å². The van der Waals surface area contributed by atoms with E-state index in [1.807, 2.05) is 131 Å². The molecule has 0 bridgehead atoms. The van der Waals surface area contributed by atoms with E-state index >= 15 is 0 Å². The molecule has 4 aromatic heterocycles. The Hall–Kier alpha value is -10.3. The number of nitrogens with zero attached hydrogens (tertiary/aromatic N) is 6. The van der Waals surface area contributed by atoms with Gasteiger partial charge in [0, 0.05) is 118 Å². The van der Waals surface area contributed by atoms with E-state index in [-0.39, 0.29) is 124 Å². The van der Waals surface area contributed by atoms with E-state index in [9.17, 15) is 38.4 Å². The number of rotatable bonds is 31. The molecule has 0 unspecified atom stereocenters. The van der Waals surface area contributed by atoms with E-state index in [1.165, 1.54) is 67.3 Å². The Labute approximate surface area is 508 Å². The first-order valence-corrected chi connectivity index (χ1v) is 28.7. The highest BCUT2D eigenvalue weighted by Gasteiger charge is 2.23. The maximum Gasteiger partial charge on any atom is 0.293 e. The van der Waals surface area contributed by atoms with Crippen LogP contribution >= 0.6 is 0 Å². The summed E-state index contributed by atoms with van der Waals surface area (Å²) in [5, 5.41) is 11.7. The molecule has 4 amide bonds. The predicted molar refractivity (Wildman–Crippen MR) is 332 cm³/mol. The van der Waals surface area contributed by atoms with E-state index in [0.717, 1.165) is 22.3 Å². The van der Waals surface area contributed by atoms with Crippen molar-refractivity contribution in [1.29, 1.82) is 0 Å². The predicted octanol–water partition coefficient (Wildman–Crippen LogP) is 4.42. The third-order valence-corrected chi connectivity index (χ3v) is 14.4. The van der Waals surface area contributed by atoms with Gasteiger partial charge < -0.3 is 58.5 Å². The van der Waals surface area contributed by atoms with Gasteiger partial charge >= 0.3 is 0 Å². The summed E-state index contributed by atoms with van der Waals surface area (Å²) in [5.74, 6) is -2.65. The second-order valence-corrected chi connectivity index (χ2v) is 20.7. The molecule has 4 aromatic carbocycles. The minimum atomic E-state index is -0.550. The normalized spacial score (nSPS) is 11.0. The van der Waals surface area contributed by atoms with Gasteiger partial charge in [0.1, 0.15) is 26.4 Å². The van der Waals surface area contributed by atoms with Crippen molar-refractivity contribution in [3.05, 3.63) is 256 Å². The molecule has 22 heteroatoms. The lowest BCUT2D eigenvalue weighted by molar-refractivity contribution is 0.0917. The van der Waals surface area contributed by atoms with Crippen molar-refractivity contribution >= 4 is 23.6 Å². The molecule has 0 saturated heterocycles. The summed E-state index contributed by atoms with van der Waals surface area (Å²) in [6, 6.07) is 43.0. The molecule has 0 aliphatic heterocycles.